The lowest BCUT2D eigenvalue weighted by molar-refractivity contribution is 0.0728. The zero-order chi connectivity index (χ0) is 17.9. The third-order valence-electron chi connectivity index (χ3n) is 4.56. The molecule has 7 nitrogen and oxygen atoms in total. The van der Waals surface area contributed by atoms with Gasteiger partial charge >= 0.3 is 5.56 Å². The highest BCUT2D eigenvalue weighted by Crippen LogP contribution is 2.24. The molecule has 1 fully saturated rings. The highest BCUT2D eigenvalue weighted by atomic mass is 32.2. The molecule has 0 radical (unpaired) electrons. The van der Waals surface area contributed by atoms with Crippen LogP contribution in [0.5, 0.6) is 5.75 Å². The first-order chi connectivity index (χ1) is 12.8. The zero-order valence-corrected chi connectivity index (χ0v) is 15.3. The van der Waals surface area contributed by atoms with Crippen molar-refractivity contribution in [2.75, 3.05) is 26.1 Å². The second-order valence-electron chi connectivity index (χ2n) is 6.22. The fourth-order valence-corrected chi connectivity index (χ4v) is 4.14. The molecule has 1 aromatic carbocycles. The first-order valence-corrected chi connectivity index (χ1v) is 9.56. The molecule has 0 amide bonds. The molecule has 8 heteroatoms. The van der Waals surface area contributed by atoms with Gasteiger partial charge in [-0.25, -0.2) is 0 Å². The smallest absolute Gasteiger partial charge is 0.300 e. The van der Waals surface area contributed by atoms with Crippen molar-refractivity contribution in [3.8, 4) is 11.4 Å². The van der Waals surface area contributed by atoms with Crippen molar-refractivity contribution in [3.63, 3.8) is 0 Å². The third kappa shape index (κ3) is 3.34. The number of fused-ring (bicyclic) bond motifs is 1. The molecule has 26 heavy (non-hydrogen) atoms. The van der Waals surface area contributed by atoms with Gasteiger partial charge in [-0.05, 0) is 30.9 Å². The molecular weight excluding hydrogens is 352 g/mol. The van der Waals surface area contributed by atoms with Gasteiger partial charge in [0.1, 0.15) is 5.75 Å². The predicted molar refractivity (Wildman–Crippen MR) is 99.4 cm³/mol. The maximum Gasteiger partial charge on any atom is 0.300 e. The molecular formula is C18H20N4O3S. The number of thioether (sulfide) groups is 1. The maximum absolute atomic E-state index is 12.8. The topological polar surface area (TPSA) is 70.7 Å². The average Bonchev–Trinajstić information content (AvgIpc) is 3.11. The minimum Gasteiger partial charge on any atom is -0.497 e. The van der Waals surface area contributed by atoms with E-state index in [1.165, 1.54) is 0 Å². The monoisotopic (exact) mass is 372 g/mol. The Labute approximate surface area is 155 Å². The van der Waals surface area contributed by atoms with Crippen LogP contribution in [0.3, 0.4) is 0 Å². The number of aromatic nitrogens is 4. The number of methoxy groups -OCH3 is 1. The molecule has 136 valence electrons. The minimum absolute atomic E-state index is 0.203. The normalized spacial score (nSPS) is 15.4. The zero-order valence-electron chi connectivity index (χ0n) is 14.5. The van der Waals surface area contributed by atoms with Crippen LogP contribution in [0.2, 0.25) is 0 Å². The number of hydrogen-bond acceptors (Lipinski definition) is 6. The summed E-state index contributed by atoms with van der Waals surface area (Å²) in [5.74, 6) is 2.28. The van der Waals surface area contributed by atoms with E-state index in [0.29, 0.717) is 17.3 Å². The first kappa shape index (κ1) is 17.1. The molecule has 0 N–H and O–H groups in total. The van der Waals surface area contributed by atoms with Crippen molar-refractivity contribution in [3.05, 3.63) is 47.0 Å². The maximum atomic E-state index is 12.8. The lowest BCUT2D eigenvalue weighted by Crippen LogP contribution is -2.20. The van der Waals surface area contributed by atoms with E-state index in [0.717, 1.165) is 42.7 Å². The SMILES string of the molecule is COc1cccc(-n2ccn3c(SCC4CCOCC4)nnc3c2=O)c1. The molecule has 0 atom stereocenters. The summed E-state index contributed by atoms with van der Waals surface area (Å²) in [7, 11) is 1.60. The van der Waals surface area contributed by atoms with Crippen LogP contribution in [-0.4, -0.2) is 45.2 Å². The number of benzene rings is 1. The standard InChI is InChI=1S/C18H20N4O3S/c1-24-15-4-2-3-14(11-15)21-7-8-22-16(17(21)23)19-20-18(22)26-12-13-5-9-25-10-6-13/h2-4,7-8,11,13H,5-6,9-10,12H2,1H3. The second-order valence-corrected chi connectivity index (χ2v) is 7.20. The summed E-state index contributed by atoms with van der Waals surface area (Å²) < 4.78 is 14.0. The van der Waals surface area contributed by atoms with Crippen molar-refractivity contribution in [1.29, 1.82) is 0 Å². The Balaban J connectivity index is 1.61. The van der Waals surface area contributed by atoms with Gasteiger partial charge in [0.25, 0.3) is 0 Å². The molecule has 1 aliphatic rings. The number of hydrogen-bond donors (Lipinski definition) is 0. The molecule has 2 aromatic heterocycles. The summed E-state index contributed by atoms with van der Waals surface area (Å²) in [5, 5.41) is 9.08. The first-order valence-electron chi connectivity index (χ1n) is 8.57. The van der Waals surface area contributed by atoms with Crippen LogP contribution in [0.1, 0.15) is 12.8 Å². The van der Waals surface area contributed by atoms with Gasteiger partial charge in [0, 0.05) is 37.4 Å². The van der Waals surface area contributed by atoms with Gasteiger partial charge in [-0.15, -0.1) is 10.2 Å². The van der Waals surface area contributed by atoms with Gasteiger partial charge in [-0.2, -0.15) is 0 Å². The summed E-state index contributed by atoms with van der Waals surface area (Å²) >= 11 is 1.65. The van der Waals surface area contributed by atoms with Crippen molar-refractivity contribution in [1.82, 2.24) is 19.2 Å². The summed E-state index contributed by atoms with van der Waals surface area (Å²) in [4.78, 5) is 12.8. The Morgan fingerprint density at radius 2 is 2.12 bits per heavy atom. The summed E-state index contributed by atoms with van der Waals surface area (Å²) in [6.45, 7) is 1.66. The van der Waals surface area contributed by atoms with E-state index < -0.39 is 0 Å². The predicted octanol–water partition coefficient (Wildman–Crippen LogP) is 2.41. The molecule has 3 heterocycles. The van der Waals surface area contributed by atoms with Gasteiger partial charge in [-0.1, -0.05) is 17.8 Å². The lowest BCUT2D eigenvalue weighted by atomic mass is 10.0. The third-order valence-corrected chi connectivity index (χ3v) is 5.73. The van der Waals surface area contributed by atoms with E-state index in [4.69, 9.17) is 9.47 Å². The van der Waals surface area contributed by atoms with Gasteiger partial charge in [0.15, 0.2) is 5.16 Å². The highest BCUT2D eigenvalue weighted by molar-refractivity contribution is 7.99. The quantitative estimate of drug-likeness (QED) is 0.641. The van der Waals surface area contributed by atoms with E-state index in [9.17, 15) is 4.79 Å². The van der Waals surface area contributed by atoms with Gasteiger partial charge < -0.3 is 9.47 Å². The second kappa shape index (κ2) is 7.51. The Morgan fingerprint density at radius 3 is 2.92 bits per heavy atom. The Hall–Kier alpha value is -2.32. The summed E-state index contributed by atoms with van der Waals surface area (Å²) in [6, 6.07) is 7.37. The molecule has 4 rings (SSSR count). The van der Waals surface area contributed by atoms with Crippen molar-refractivity contribution in [2.24, 2.45) is 5.92 Å². The molecule has 0 saturated carbocycles. The van der Waals surface area contributed by atoms with E-state index in [2.05, 4.69) is 10.2 Å². The Bertz CT molecular complexity index is 962. The highest BCUT2D eigenvalue weighted by Gasteiger charge is 2.17. The molecule has 0 aliphatic carbocycles. The van der Waals surface area contributed by atoms with Crippen LogP contribution in [0.4, 0.5) is 0 Å². The Morgan fingerprint density at radius 1 is 1.27 bits per heavy atom. The van der Waals surface area contributed by atoms with Crippen LogP contribution in [0.25, 0.3) is 11.3 Å². The van der Waals surface area contributed by atoms with Crippen LogP contribution in [0.15, 0.2) is 46.6 Å². The molecule has 1 aliphatic heterocycles. The number of nitrogens with zero attached hydrogens (tertiary/aromatic N) is 4. The Kier molecular flexibility index (Phi) is 4.94. The van der Waals surface area contributed by atoms with Crippen LogP contribution >= 0.6 is 11.8 Å². The van der Waals surface area contributed by atoms with Crippen molar-refractivity contribution >= 4 is 17.4 Å². The van der Waals surface area contributed by atoms with E-state index >= 15 is 0 Å². The van der Waals surface area contributed by atoms with Crippen molar-refractivity contribution < 1.29 is 9.47 Å². The van der Waals surface area contributed by atoms with Gasteiger partial charge in [0.2, 0.25) is 5.65 Å². The van der Waals surface area contributed by atoms with Crippen molar-refractivity contribution in [2.45, 2.75) is 18.0 Å². The van der Waals surface area contributed by atoms with Gasteiger partial charge in [0.05, 0.1) is 12.8 Å². The van der Waals surface area contributed by atoms with E-state index in [1.54, 1.807) is 34.0 Å². The fourth-order valence-electron chi connectivity index (χ4n) is 3.03. The lowest BCUT2D eigenvalue weighted by Gasteiger charge is -2.20. The molecule has 3 aromatic rings. The number of rotatable bonds is 5. The molecule has 0 spiro atoms. The van der Waals surface area contributed by atoms with Crippen LogP contribution < -0.4 is 10.3 Å². The minimum atomic E-state index is -0.203. The summed E-state index contributed by atoms with van der Waals surface area (Å²) in [6.07, 6.45) is 5.73. The van der Waals surface area contributed by atoms with Crippen LogP contribution in [0, 0.1) is 5.92 Å². The van der Waals surface area contributed by atoms with E-state index in [1.807, 2.05) is 30.5 Å². The largest absolute Gasteiger partial charge is 0.497 e. The average molecular weight is 372 g/mol. The fraction of sp³-hybridized carbons (Fsp3) is 0.389. The molecule has 0 unspecified atom stereocenters. The van der Waals surface area contributed by atoms with Crippen LogP contribution in [-0.2, 0) is 4.74 Å². The molecule has 1 saturated heterocycles. The summed E-state index contributed by atoms with van der Waals surface area (Å²) in [5.41, 5.74) is 0.854. The molecule has 0 bridgehead atoms. The van der Waals surface area contributed by atoms with E-state index in [-0.39, 0.29) is 5.56 Å². The van der Waals surface area contributed by atoms with Gasteiger partial charge in [-0.3, -0.25) is 13.8 Å². The number of ether oxygens (including phenoxy) is 2.